The van der Waals surface area contributed by atoms with E-state index in [2.05, 4.69) is 86.8 Å². The normalized spacial score (nSPS) is 18.2. The van der Waals surface area contributed by atoms with E-state index in [0.717, 1.165) is 19.7 Å². The Morgan fingerprint density at radius 3 is 1.96 bits per heavy atom. The van der Waals surface area contributed by atoms with E-state index in [-0.39, 0.29) is 23.5 Å². The second kappa shape index (κ2) is 9.15. The van der Waals surface area contributed by atoms with Crippen molar-refractivity contribution in [3.8, 4) is 0 Å². The third-order valence-electron chi connectivity index (χ3n) is 4.91. The van der Waals surface area contributed by atoms with Crippen LogP contribution in [0.4, 0.5) is 0 Å². The smallest absolute Gasteiger partial charge is 0.261 e. The van der Waals surface area contributed by atoms with Gasteiger partial charge in [-0.05, 0) is 15.4 Å². The number of hydrogen-bond donors (Lipinski definition) is 1. The van der Waals surface area contributed by atoms with Crippen LogP contribution in [0.5, 0.6) is 0 Å². The lowest BCUT2D eigenvalue weighted by atomic mass is 10.2. The van der Waals surface area contributed by atoms with Crippen LogP contribution in [0.1, 0.15) is 20.8 Å². The van der Waals surface area contributed by atoms with Gasteiger partial charge >= 0.3 is 0 Å². The lowest BCUT2D eigenvalue weighted by Crippen LogP contribution is -2.67. The molecule has 0 unspecified atom stereocenters. The lowest BCUT2D eigenvalue weighted by Gasteiger charge is -2.44. The molecule has 0 amide bonds. The van der Waals surface area contributed by atoms with Crippen molar-refractivity contribution < 1.29 is 9.16 Å². The predicted octanol–water partition coefficient (Wildman–Crippen LogP) is 2.97. The molecule has 1 N–H and O–H groups in total. The topological polar surface area (TPSA) is 30.5 Å². The number of morpholine rings is 1. The van der Waals surface area contributed by atoms with Crippen LogP contribution in [0.2, 0.25) is 5.04 Å². The molecule has 0 aromatic heterocycles. The molecule has 0 saturated carbocycles. The summed E-state index contributed by atoms with van der Waals surface area (Å²) < 4.78 is 12.8. The molecular formula is C21H30ClNO2Si. The van der Waals surface area contributed by atoms with Gasteiger partial charge in [0.15, 0.2) is 0 Å². The molecule has 2 aromatic carbocycles. The molecule has 26 heavy (non-hydrogen) atoms. The van der Waals surface area contributed by atoms with E-state index in [1.165, 1.54) is 10.4 Å². The number of benzene rings is 2. The van der Waals surface area contributed by atoms with Crippen LogP contribution >= 0.6 is 12.4 Å². The van der Waals surface area contributed by atoms with E-state index in [4.69, 9.17) is 9.16 Å². The molecule has 1 atom stereocenters. The highest BCUT2D eigenvalue weighted by Crippen LogP contribution is 2.36. The fourth-order valence-corrected chi connectivity index (χ4v) is 8.30. The summed E-state index contributed by atoms with van der Waals surface area (Å²) in [5.41, 5.74) is 0. The number of ether oxygens (including phenoxy) is 1. The van der Waals surface area contributed by atoms with Crippen molar-refractivity contribution >= 4 is 31.1 Å². The summed E-state index contributed by atoms with van der Waals surface area (Å²) in [6, 6.07) is 21.5. The Bertz CT molecular complexity index is 615. The number of rotatable bonds is 5. The zero-order valence-electron chi connectivity index (χ0n) is 15.9. The Hall–Kier alpha value is -1.17. The van der Waals surface area contributed by atoms with E-state index in [0.29, 0.717) is 6.61 Å². The first-order valence-electron chi connectivity index (χ1n) is 9.11. The minimum absolute atomic E-state index is 0. The zero-order valence-corrected chi connectivity index (χ0v) is 17.7. The molecule has 142 valence electrons. The molecule has 3 rings (SSSR count). The number of halogens is 1. The first-order valence-corrected chi connectivity index (χ1v) is 11.0. The molecule has 0 aliphatic carbocycles. The Kier molecular flexibility index (Phi) is 7.44. The van der Waals surface area contributed by atoms with Gasteiger partial charge in [0.2, 0.25) is 0 Å². The summed E-state index contributed by atoms with van der Waals surface area (Å²) in [4.78, 5) is 0. The van der Waals surface area contributed by atoms with Gasteiger partial charge in [0.05, 0.1) is 19.3 Å². The van der Waals surface area contributed by atoms with Crippen molar-refractivity contribution in [1.82, 2.24) is 5.32 Å². The van der Waals surface area contributed by atoms with Crippen molar-refractivity contribution in [3.05, 3.63) is 60.7 Å². The summed E-state index contributed by atoms with van der Waals surface area (Å²) >= 11 is 0. The predicted molar refractivity (Wildman–Crippen MR) is 113 cm³/mol. The summed E-state index contributed by atoms with van der Waals surface area (Å²) in [6.07, 6.45) is 0.121. The van der Waals surface area contributed by atoms with Crippen LogP contribution in [0.15, 0.2) is 60.7 Å². The third-order valence-corrected chi connectivity index (χ3v) is 9.91. The summed E-state index contributed by atoms with van der Waals surface area (Å²) in [5.74, 6) is 0. The van der Waals surface area contributed by atoms with Crippen LogP contribution in [-0.2, 0) is 9.16 Å². The van der Waals surface area contributed by atoms with Gasteiger partial charge in [-0.3, -0.25) is 0 Å². The SMILES string of the molecule is CC(C)(C)[Si](OC[C@@H]1CNCCO1)(c1ccccc1)c1ccccc1.Cl. The first kappa shape index (κ1) is 21.1. The van der Waals surface area contributed by atoms with Crippen molar-refractivity contribution in [1.29, 1.82) is 0 Å². The van der Waals surface area contributed by atoms with Crippen molar-refractivity contribution in [2.75, 3.05) is 26.3 Å². The van der Waals surface area contributed by atoms with Gasteiger partial charge in [0, 0.05) is 13.1 Å². The first-order chi connectivity index (χ1) is 12.0. The van der Waals surface area contributed by atoms with Crippen LogP contribution < -0.4 is 15.7 Å². The van der Waals surface area contributed by atoms with Crippen LogP contribution in [0, 0.1) is 0 Å². The largest absolute Gasteiger partial charge is 0.405 e. The van der Waals surface area contributed by atoms with Gasteiger partial charge in [0.25, 0.3) is 8.32 Å². The highest BCUT2D eigenvalue weighted by Gasteiger charge is 2.50. The Labute approximate surface area is 164 Å². The molecular weight excluding hydrogens is 362 g/mol. The Morgan fingerprint density at radius 1 is 1.00 bits per heavy atom. The minimum Gasteiger partial charge on any atom is -0.405 e. The average molecular weight is 392 g/mol. The highest BCUT2D eigenvalue weighted by atomic mass is 35.5. The molecule has 0 spiro atoms. The van der Waals surface area contributed by atoms with Gasteiger partial charge in [-0.2, -0.15) is 0 Å². The maximum atomic E-state index is 6.88. The van der Waals surface area contributed by atoms with Gasteiger partial charge < -0.3 is 14.5 Å². The minimum atomic E-state index is -2.44. The maximum Gasteiger partial charge on any atom is 0.261 e. The van der Waals surface area contributed by atoms with Crippen molar-refractivity contribution in [3.63, 3.8) is 0 Å². The molecule has 1 heterocycles. The summed E-state index contributed by atoms with van der Waals surface area (Å²) in [7, 11) is -2.44. The molecule has 0 bridgehead atoms. The van der Waals surface area contributed by atoms with Crippen molar-refractivity contribution in [2.45, 2.75) is 31.9 Å². The zero-order chi connectivity index (χ0) is 17.8. The maximum absolute atomic E-state index is 6.88. The highest BCUT2D eigenvalue weighted by molar-refractivity contribution is 6.99. The van der Waals surface area contributed by atoms with Crippen LogP contribution in [-0.4, -0.2) is 40.7 Å². The number of nitrogens with one attached hydrogen (secondary N) is 1. The summed E-state index contributed by atoms with van der Waals surface area (Å²) in [6.45, 7) is 10.1. The van der Waals surface area contributed by atoms with E-state index in [1.54, 1.807) is 0 Å². The third kappa shape index (κ3) is 4.38. The molecule has 1 aliphatic heterocycles. The Balaban J connectivity index is 0.00000243. The molecule has 1 aliphatic rings. The van der Waals surface area contributed by atoms with Crippen molar-refractivity contribution in [2.24, 2.45) is 0 Å². The molecule has 1 saturated heterocycles. The van der Waals surface area contributed by atoms with Gasteiger partial charge in [-0.25, -0.2) is 0 Å². The number of hydrogen-bond acceptors (Lipinski definition) is 3. The van der Waals surface area contributed by atoms with E-state index in [1.807, 2.05) is 0 Å². The fourth-order valence-electron chi connectivity index (χ4n) is 3.71. The second-order valence-corrected chi connectivity index (χ2v) is 12.0. The fraction of sp³-hybridized carbons (Fsp3) is 0.429. The molecule has 0 radical (unpaired) electrons. The quantitative estimate of drug-likeness (QED) is 0.795. The van der Waals surface area contributed by atoms with Crippen LogP contribution in [0.25, 0.3) is 0 Å². The molecule has 3 nitrogen and oxygen atoms in total. The molecule has 1 fully saturated rings. The van der Waals surface area contributed by atoms with Gasteiger partial charge in [-0.15, -0.1) is 12.4 Å². The Morgan fingerprint density at radius 2 is 1.54 bits per heavy atom. The lowest BCUT2D eigenvalue weighted by molar-refractivity contribution is -0.00208. The molecule has 5 heteroatoms. The summed E-state index contributed by atoms with van der Waals surface area (Å²) in [5, 5.41) is 6.05. The van der Waals surface area contributed by atoms with E-state index < -0.39 is 8.32 Å². The van der Waals surface area contributed by atoms with E-state index >= 15 is 0 Å². The standard InChI is InChI=1S/C21H29NO2Si.ClH/c1-21(2,3)25(19-10-6-4-7-11-19,20-12-8-5-9-13-20)24-17-18-16-22-14-15-23-18;/h4-13,18,22H,14-17H2,1-3H3;1H/t18-;/m0./s1. The second-order valence-electron chi connectivity index (χ2n) is 7.67. The average Bonchev–Trinajstić information content (AvgIpc) is 2.64. The molecule has 2 aromatic rings. The van der Waals surface area contributed by atoms with Gasteiger partial charge in [0.1, 0.15) is 0 Å². The van der Waals surface area contributed by atoms with E-state index in [9.17, 15) is 0 Å². The monoisotopic (exact) mass is 391 g/mol. The van der Waals surface area contributed by atoms with Crippen LogP contribution in [0.3, 0.4) is 0 Å². The van der Waals surface area contributed by atoms with Gasteiger partial charge in [-0.1, -0.05) is 81.4 Å².